The summed E-state index contributed by atoms with van der Waals surface area (Å²) in [6.07, 6.45) is 2.60. The first kappa shape index (κ1) is 56.9. The van der Waals surface area contributed by atoms with Crippen LogP contribution in [0.3, 0.4) is 0 Å². The van der Waals surface area contributed by atoms with Gasteiger partial charge in [0.05, 0.1) is 35.8 Å². The Bertz CT molecular complexity index is 3150. The van der Waals surface area contributed by atoms with E-state index in [1.165, 1.54) is 28.0 Å². The van der Waals surface area contributed by atoms with Crippen molar-refractivity contribution in [1.29, 1.82) is 0 Å². The Labute approximate surface area is 485 Å². The molecule has 8 N–H and O–H groups in total. The first-order chi connectivity index (χ1) is 40.7. The number of nitrogens with one attached hydrogen (secondary N) is 6. The normalized spacial score (nSPS) is 26.3. The maximum atomic E-state index is 15.0. The number of hydrogen-bond donors (Lipinski definition) is 8. The number of benzene rings is 5. The van der Waals surface area contributed by atoms with Crippen molar-refractivity contribution in [3.63, 3.8) is 0 Å². The highest BCUT2D eigenvalue weighted by atomic mass is 16.5. The molecule has 6 aliphatic rings. The van der Waals surface area contributed by atoms with Crippen LogP contribution in [0.15, 0.2) is 140 Å². The van der Waals surface area contributed by atoms with Gasteiger partial charge in [0.2, 0.25) is 29.5 Å². The molecule has 20 heteroatoms. The van der Waals surface area contributed by atoms with Crippen LogP contribution in [0.5, 0.6) is 5.75 Å². The van der Waals surface area contributed by atoms with Gasteiger partial charge in [0.1, 0.15) is 11.8 Å². The molecule has 436 valence electrons. The topological polar surface area (TPSA) is 282 Å². The number of hydrogen-bond acceptors (Lipinski definition) is 11. The van der Waals surface area contributed by atoms with Crippen LogP contribution in [-0.2, 0) is 33.6 Å². The standard InChI is InChI=1S/C64H68N8O12/c73-24-23-50(64(82)83)66-56(74)30-65-57(75)35-84-55-25-40(62(80)71-31-46(58(76)67-51-26-42(51)36-13-5-1-6-14-36)47(32-71)59(77)68-52-27-43(52)37-15-7-2-8-16-37)21-22-41(55)63(81)72-33-48(60(78)69-53-28-44(53)38-17-9-3-10-18-38)49(34-72)61(79)70-54-29-45(54)39-19-11-4-12-20-39/h1-22,25,42-54,73H,23-24,26-35H2,(H,65,75)(H,66,74)(H,67,76)(H,68,77)(H,69,78)(H,70,79)(H,82,83)/t42-,43-,44-,45-,46-,47-,48-,49-,50+,51+,52?,53+,54+/m1/s1. The summed E-state index contributed by atoms with van der Waals surface area (Å²) in [4.78, 5) is 127. The largest absolute Gasteiger partial charge is 0.483 e. The lowest BCUT2D eigenvalue weighted by Gasteiger charge is -2.21. The predicted octanol–water partition coefficient (Wildman–Crippen LogP) is 3.20. The summed E-state index contributed by atoms with van der Waals surface area (Å²) in [6, 6.07) is 41.2. The van der Waals surface area contributed by atoms with Crippen molar-refractivity contribution in [2.75, 3.05) is 45.9 Å². The van der Waals surface area contributed by atoms with E-state index in [9.17, 15) is 53.4 Å². The van der Waals surface area contributed by atoms with E-state index in [2.05, 4.69) is 31.9 Å². The van der Waals surface area contributed by atoms with Gasteiger partial charge in [-0.2, -0.15) is 0 Å². The molecule has 5 aromatic rings. The molecule has 20 nitrogen and oxygen atoms in total. The first-order valence-electron chi connectivity index (χ1n) is 28.9. The molecule has 8 amide bonds. The molecule has 0 aromatic heterocycles. The van der Waals surface area contributed by atoms with Crippen molar-refractivity contribution in [3.8, 4) is 5.75 Å². The molecule has 11 rings (SSSR count). The second-order valence-corrected chi connectivity index (χ2v) is 23.1. The van der Waals surface area contributed by atoms with Crippen molar-refractivity contribution in [1.82, 2.24) is 41.7 Å². The zero-order chi connectivity index (χ0) is 58.6. The number of ether oxygens (including phenoxy) is 1. The van der Waals surface area contributed by atoms with E-state index in [1.54, 1.807) is 0 Å². The van der Waals surface area contributed by atoms with Crippen LogP contribution in [0.25, 0.3) is 0 Å². The summed E-state index contributed by atoms with van der Waals surface area (Å²) in [5.41, 5.74) is 4.21. The second-order valence-electron chi connectivity index (χ2n) is 23.1. The quantitative estimate of drug-likeness (QED) is 0.0469. The van der Waals surface area contributed by atoms with Crippen LogP contribution < -0.4 is 36.6 Å². The van der Waals surface area contributed by atoms with Gasteiger partial charge in [-0.3, -0.25) is 38.4 Å². The van der Waals surface area contributed by atoms with Gasteiger partial charge in [-0.05, 0) is 66.1 Å². The van der Waals surface area contributed by atoms with E-state index < -0.39 is 79.1 Å². The van der Waals surface area contributed by atoms with Gasteiger partial charge in [0, 0.05) is 92.6 Å². The monoisotopic (exact) mass is 1140 g/mol. The van der Waals surface area contributed by atoms with Gasteiger partial charge >= 0.3 is 5.97 Å². The molecule has 2 saturated heterocycles. The Morgan fingerprint density at radius 1 is 0.488 bits per heavy atom. The van der Waals surface area contributed by atoms with Crippen LogP contribution in [0, 0.1) is 23.7 Å². The summed E-state index contributed by atoms with van der Waals surface area (Å²) in [7, 11) is 0. The third kappa shape index (κ3) is 13.3. The number of carboxylic acid groups (broad SMARTS) is 1. The highest BCUT2D eigenvalue weighted by Crippen LogP contribution is 2.45. The molecule has 2 aliphatic heterocycles. The predicted molar refractivity (Wildman–Crippen MR) is 305 cm³/mol. The SMILES string of the molecule is O=C(COc1cc(C(=O)N2C[C@@H](C(=O)NC3C[C@@H]3c3ccccc3)[C@H](C(=O)N[C@H]3C[C@@H]3c3ccccc3)C2)ccc1C(=O)N1C[C@@H](C(=O)N[C@H]2C[C@@H]2c2ccccc2)[C@H](C(=O)N[C@H]2C[C@@H]2c2ccccc2)C1)NCC(=O)N[C@@H](CCO)C(=O)O. The zero-order valence-corrected chi connectivity index (χ0v) is 46.1. The molecule has 0 radical (unpaired) electrons. The van der Waals surface area contributed by atoms with Gasteiger partial charge < -0.3 is 56.7 Å². The molecule has 0 spiro atoms. The molecule has 6 fully saturated rings. The molecule has 0 bridgehead atoms. The third-order valence-electron chi connectivity index (χ3n) is 17.3. The lowest BCUT2D eigenvalue weighted by molar-refractivity contribution is -0.142. The summed E-state index contributed by atoms with van der Waals surface area (Å²) >= 11 is 0. The zero-order valence-electron chi connectivity index (χ0n) is 46.1. The maximum Gasteiger partial charge on any atom is 0.326 e. The number of carbonyl (C=O) groups is 9. The van der Waals surface area contributed by atoms with E-state index in [-0.39, 0.29) is 121 Å². The van der Waals surface area contributed by atoms with E-state index in [0.717, 1.165) is 35.1 Å². The number of carboxylic acids is 1. The number of aliphatic carboxylic acids is 1. The fraction of sp³-hybridized carbons (Fsp3) is 0.391. The number of aliphatic hydroxyl groups excluding tert-OH is 1. The lowest BCUT2D eigenvalue weighted by Crippen LogP contribution is -2.46. The van der Waals surface area contributed by atoms with E-state index in [0.29, 0.717) is 12.8 Å². The minimum Gasteiger partial charge on any atom is -0.483 e. The highest BCUT2D eigenvalue weighted by Gasteiger charge is 2.51. The van der Waals surface area contributed by atoms with Gasteiger partial charge in [0.15, 0.2) is 6.61 Å². The van der Waals surface area contributed by atoms with Gasteiger partial charge in [-0.1, -0.05) is 121 Å². The van der Waals surface area contributed by atoms with Crippen molar-refractivity contribution in [2.45, 2.75) is 86.0 Å². The summed E-state index contributed by atoms with van der Waals surface area (Å²) in [5, 5.41) is 35.9. The molecular formula is C64H68N8O12. The van der Waals surface area contributed by atoms with Crippen LogP contribution in [0.4, 0.5) is 0 Å². The van der Waals surface area contributed by atoms with Crippen molar-refractivity contribution >= 4 is 53.2 Å². The van der Waals surface area contributed by atoms with E-state index in [4.69, 9.17) is 4.74 Å². The Kier molecular flexibility index (Phi) is 16.9. The molecule has 1 unspecified atom stereocenters. The lowest BCUT2D eigenvalue weighted by atomic mass is 9.94. The average Bonchev–Trinajstić information content (AvgIpc) is 3.30. The van der Waals surface area contributed by atoms with Crippen molar-refractivity contribution in [2.24, 2.45) is 23.7 Å². The van der Waals surface area contributed by atoms with E-state index >= 15 is 0 Å². The summed E-state index contributed by atoms with van der Waals surface area (Å²) < 4.78 is 6.04. The Balaban J connectivity index is 0.831. The Morgan fingerprint density at radius 3 is 1.21 bits per heavy atom. The van der Waals surface area contributed by atoms with Gasteiger partial charge in [0.25, 0.3) is 17.7 Å². The molecule has 4 saturated carbocycles. The van der Waals surface area contributed by atoms with E-state index in [1.807, 2.05) is 121 Å². The fourth-order valence-electron chi connectivity index (χ4n) is 12.2. The minimum absolute atomic E-state index is 0.00597. The highest BCUT2D eigenvalue weighted by molar-refractivity contribution is 6.02. The number of amides is 8. The number of likely N-dealkylation sites (tertiary alicyclic amines) is 2. The number of carbonyl (C=O) groups excluding carboxylic acids is 8. The molecule has 13 atom stereocenters. The van der Waals surface area contributed by atoms with Crippen LogP contribution in [-0.4, -0.2) is 149 Å². The first-order valence-corrected chi connectivity index (χ1v) is 28.9. The Morgan fingerprint density at radius 2 is 0.857 bits per heavy atom. The van der Waals surface area contributed by atoms with Crippen molar-refractivity contribution < 1.29 is 58.1 Å². The number of nitrogens with zero attached hydrogens (tertiary/aromatic N) is 2. The third-order valence-corrected chi connectivity index (χ3v) is 17.3. The van der Waals surface area contributed by atoms with Crippen LogP contribution in [0.2, 0.25) is 0 Å². The van der Waals surface area contributed by atoms with Crippen LogP contribution in [0.1, 0.15) is 98.7 Å². The average molecular weight is 1140 g/mol. The van der Waals surface area contributed by atoms with Gasteiger partial charge in [-0.25, -0.2) is 4.79 Å². The smallest absolute Gasteiger partial charge is 0.326 e. The maximum absolute atomic E-state index is 15.0. The van der Waals surface area contributed by atoms with Crippen LogP contribution >= 0.6 is 0 Å². The fourth-order valence-corrected chi connectivity index (χ4v) is 12.2. The second kappa shape index (κ2) is 24.9. The molecule has 84 heavy (non-hydrogen) atoms. The molecular weight excluding hydrogens is 1070 g/mol. The molecule has 5 aromatic carbocycles. The number of aliphatic hydroxyl groups is 1. The summed E-state index contributed by atoms with van der Waals surface area (Å²) in [5.74, 6) is -9.36. The molecule has 2 heterocycles. The van der Waals surface area contributed by atoms with Gasteiger partial charge in [-0.15, -0.1) is 0 Å². The Hall–Kier alpha value is -8.91. The minimum atomic E-state index is -1.41. The summed E-state index contributed by atoms with van der Waals surface area (Å²) in [6.45, 7) is -2.49. The molecule has 4 aliphatic carbocycles. The number of rotatable bonds is 23. The van der Waals surface area contributed by atoms with Crippen molar-refractivity contribution in [3.05, 3.63) is 173 Å².